The average molecular weight is 1240 g/mol. The molecular weight excluding hydrogens is 1120 g/mol. The van der Waals surface area contributed by atoms with Crippen LogP contribution in [0.25, 0.3) is 0 Å². The highest BCUT2D eigenvalue weighted by atomic mass is 16.5. The van der Waals surface area contributed by atoms with Crippen LogP contribution in [0, 0.1) is 0 Å². The number of likely N-dealkylation sites (N-methyl/N-ethyl adjacent to an activating group) is 3. The largest absolute Gasteiger partial charge is 0.378 e. The van der Waals surface area contributed by atoms with E-state index in [2.05, 4.69) is 78.3 Å². The molecule has 5 heterocycles. The molecule has 0 atom stereocenters. The number of rotatable bonds is 7. The molecule has 0 amide bonds. The summed E-state index contributed by atoms with van der Waals surface area (Å²) in [6.07, 6.45) is 7.17. The summed E-state index contributed by atoms with van der Waals surface area (Å²) >= 11 is 0. The van der Waals surface area contributed by atoms with Gasteiger partial charge in [0.05, 0.1) is 13.2 Å². The number of nitrogens with two attached hydrogens (primary N) is 18. The van der Waals surface area contributed by atoms with Crippen LogP contribution in [0.2, 0.25) is 0 Å². The lowest BCUT2D eigenvalue weighted by atomic mass is 10.1. The van der Waals surface area contributed by atoms with Gasteiger partial charge in [-0.3, -0.25) is 10.4 Å². The van der Waals surface area contributed by atoms with Crippen LogP contribution in [0.15, 0.2) is 45.8 Å². The Bertz CT molecular complexity index is 1820. The van der Waals surface area contributed by atoms with Crippen molar-refractivity contribution in [2.75, 3.05) is 201 Å². The highest BCUT2D eigenvalue weighted by molar-refractivity contribution is 5.80. The summed E-state index contributed by atoms with van der Waals surface area (Å²) in [4.78, 5) is 25.0. The van der Waals surface area contributed by atoms with Crippen LogP contribution in [0.5, 0.6) is 0 Å². The lowest BCUT2D eigenvalue weighted by Gasteiger charge is -2.32. The van der Waals surface area contributed by atoms with Crippen molar-refractivity contribution in [2.24, 2.45) is 150 Å². The molecule has 0 aromatic heterocycles. The number of hydrogen-bond acceptors (Lipinski definition) is 23. The van der Waals surface area contributed by atoms with Crippen LogP contribution in [-0.4, -0.2) is 309 Å². The number of nitrogens with one attached hydrogen (secondary N) is 2. The van der Waals surface area contributed by atoms with Gasteiger partial charge in [0.25, 0.3) is 0 Å². The quantitative estimate of drug-likeness (QED) is 0.0487. The van der Waals surface area contributed by atoms with Gasteiger partial charge in [0, 0.05) is 146 Å². The Kier molecular flexibility index (Phi) is 53.3. The number of ether oxygens (including phenoxy) is 1. The first-order valence-electron chi connectivity index (χ1n) is 27.8. The van der Waals surface area contributed by atoms with E-state index in [1.165, 1.54) is 32.1 Å². The third-order valence-electron chi connectivity index (χ3n) is 12.4. The molecule has 0 unspecified atom stereocenters. The van der Waals surface area contributed by atoms with E-state index in [0.29, 0.717) is 60.9 Å². The lowest BCUT2D eigenvalue weighted by molar-refractivity contribution is 0.0674. The fraction of sp³-hybridized carbons (Fsp3) is 0.800. The van der Waals surface area contributed by atoms with Gasteiger partial charge in [-0.25, -0.2) is 5.84 Å². The lowest BCUT2D eigenvalue weighted by Crippen LogP contribution is -2.50. The van der Waals surface area contributed by atoms with Crippen LogP contribution in [0.3, 0.4) is 0 Å². The van der Waals surface area contributed by atoms with Gasteiger partial charge < -0.3 is 162 Å². The SMILES string of the molecule is CN(C)C(N)=NN.CN(C)CCCN(C)C(N)=NN.CN(C)CCN(C)C(N)=NN.CN1CCN(C(N)=NN)CC1.CN=C(N)NN.NN=C(N)N1CCCC1.NN=C(N)N1CCCCC1.NN=C(N)N1CCNCC1.NN=C(N)N1CCOCC1. The second-order valence-corrected chi connectivity index (χ2v) is 19.7. The number of hydrazine groups is 1. The van der Waals surface area contributed by atoms with Crippen molar-refractivity contribution in [1.29, 1.82) is 0 Å². The number of hydrazone groups is 8. The van der Waals surface area contributed by atoms with Gasteiger partial charge in [-0.15, -0.1) is 40.8 Å². The first-order valence-corrected chi connectivity index (χ1v) is 27.8. The molecular formula is C45H120N40O. The number of morpholine rings is 1. The molecule has 506 valence electrons. The van der Waals surface area contributed by atoms with E-state index in [1.807, 2.05) is 71.7 Å². The maximum absolute atomic E-state index is 5.53. The Labute approximate surface area is 511 Å². The van der Waals surface area contributed by atoms with E-state index in [1.54, 1.807) is 30.9 Å². The Hall–Kier alpha value is -8.41. The van der Waals surface area contributed by atoms with Gasteiger partial charge in [-0.05, 0) is 80.3 Å². The molecule has 86 heavy (non-hydrogen) atoms. The zero-order chi connectivity index (χ0) is 66.4. The number of likely N-dealkylation sites (tertiary alicyclic amines) is 2. The standard InChI is InChI=1S/C7H19N5.C6H15N5.C6H17N5.C6H14N4.C5H13N5.C5H12N4O.C5H12N4.C3H10N4.C2H8N4/c1-11(2)5-4-6-12(3)7(8)10-9;1-10-2-4-11(5-3-10)6(7)9-8;1-10(2)4-5-11(3)6(7)9-8;7-6(9-8)10-4-2-1-3-5-10;6-5(9-7)10-3-1-8-2-4-10;6-5(8-7)9-1-3-10-4-2-9;6-5(8-7)9-3-1-2-4-9;1-7(2)3(4)6-5;1-5-2(3)6-4/h4-6,9H2,1-3H3,(H2,8,10);2-5,8H2,1H3,(H2,7,9);4-5,8H2,1-3H3,(H2,7,9);1-5,8H2,(H2,7,9);8H,1-4,7H2,(H2,6,9);1-4,7H2,(H2,6,8);1-4,7H2,(H2,6,8);5H2,1-2H3,(H2,4,6);4H2,1H3,(H3,3,5,6). The second-order valence-electron chi connectivity index (χ2n) is 19.7. The minimum atomic E-state index is 0.245. The molecule has 5 aliphatic rings. The topological polar surface area (TPSA) is 649 Å². The third-order valence-corrected chi connectivity index (χ3v) is 12.4. The molecule has 0 aromatic carbocycles. The number of aliphatic imine (C=N–C) groups is 1. The number of nitrogens with zero attached hydrogens (tertiary/aromatic N) is 20. The molecule has 0 saturated carbocycles. The Morgan fingerprint density at radius 1 is 0.419 bits per heavy atom. The minimum absolute atomic E-state index is 0.245. The van der Waals surface area contributed by atoms with E-state index in [9.17, 15) is 0 Å². The second kappa shape index (κ2) is 54.5. The summed E-state index contributed by atoms with van der Waals surface area (Å²) < 4.78 is 5.10. The molecule has 0 radical (unpaired) electrons. The van der Waals surface area contributed by atoms with E-state index < -0.39 is 0 Å². The van der Waals surface area contributed by atoms with Crippen molar-refractivity contribution in [3.05, 3.63) is 0 Å². The van der Waals surface area contributed by atoms with Crippen molar-refractivity contribution in [3.63, 3.8) is 0 Å². The van der Waals surface area contributed by atoms with Gasteiger partial charge in [0.15, 0.2) is 0 Å². The van der Waals surface area contributed by atoms with Gasteiger partial charge in [-0.1, -0.05) is 0 Å². The third kappa shape index (κ3) is 46.0. The van der Waals surface area contributed by atoms with Crippen molar-refractivity contribution in [2.45, 2.75) is 38.5 Å². The van der Waals surface area contributed by atoms with Crippen LogP contribution in [0.4, 0.5) is 0 Å². The summed E-state index contributed by atoms with van der Waals surface area (Å²) in [7, 11) is 19.0. The first kappa shape index (κ1) is 84.0. The van der Waals surface area contributed by atoms with E-state index >= 15 is 0 Å². The maximum Gasteiger partial charge on any atom is 0.213 e. The molecule has 5 aliphatic heterocycles. The molecule has 0 bridgehead atoms. The highest BCUT2D eigenvalue weighted by Gasteiger charge is 2.16. The molecule has 41 heteroatoms. The summed E-state index contributed by atoms with van der Waals surface area (Å²) in [6, 6.07) is 0. The molecule has 5 rings (SSSR count). The zero-order valence-corrected chi connectivity index (χ0v) is 53.6. The summed E-state index contributed by atoms with van der Waals surface area (Å²) in [5, 5.41) is 30.2. The van der Waals surface area contributed by atoms with Gasteiger partial charge in [0.2, 0.25) is 53.6 Å². The number of guanidine groups is 9. The predicted molar refractivity (Wildman–Crippen MR) is 354 cm³/mol. The van der Waals surface area contributed by atoms with E-state index in [4.69, 9.17) is 109 Å². The van der Waals surface area contributed by atoms with Gasteiger partial charge in [-0.2, -0.15) is 0 Å². The molecule has 5 fully saturated rings. The fourth-order valence-corrected chi connectivity index (χ4v) is 6.78. The van der Waals surface area contributed by atoms with Crippen LogP contribution >= 0.6 is 0 Å². The summed E-state index contributed by atoms with van der Waals surface area (Å²) in [5.41, 5.74) is 50.6. The predicted octanol–water partition coefficient (Wildman–Crippen LogP) is -11.2. The van der Waals surface area contributed by atoms with Crippen LogP contribution in [-0.2, 0) is 4.74 Å². The molecule has 41 nitrogen and oxygen atoms in total. The van der Waals surface area contributed by atoms with Crippen molar-refractivity contribution >= 4 is 53.6 Å². The monoisotopic (exact) mass is 1240 g/mol. The van der Waals surface area contributed by atoms with E-state index in [-0.39, 0.29) is 5.96 Å². The van der Waals surface area contributed by atoms with Gasteiger partial charge >= 0.3 is 0 Å². The minimum Gasteiger partial charge on any atom is -0.378 e. The molecule has 0 aliphatic carbocycles. The number of piperazine rings is 2. The highest BCUT2D eigenvalue weighted by Crippen LogP contribution is 2.07. The van der Waals surface area contributed by atoms with Crippen LogP contribution < -0.4 is 115 Å². The Morgan fingerprint density at radius 2 is 0.756 bits per heavy atom. The molecule has 0 aromatic rings. The van der Waals surface area contributed by atoms with Crippen molar-refractivity contribution < 1.29 is 4.74 Å². The number of piperidine rings is 1. The Balaban J connectivity index is -0.000000442. The Morgan fingerprint density at radius 3 is 1.06 bits per heavy atom. The van der Waals surface area contributed by atoms with Crippen molar-refractivity contribution in [3.8, 4) is 0 Å². The first-order chi connectivity index (χ1) is 40.7. The normalized spacial score (nSPS) is 17.4. The zero-order valence-electron chi connectivity index (χ0n) is 53.6. The molecule has 0 spiro atoms. The summed E-state index contributed by atoms with van der Waals surface area (Å²) in [6.45, 7) is 18.3. The van der Waals surface area contributed by atoms with Crippen LogP contribution in [0.1, 0.15) is 38.5 Å². The summed E-state index contributed by atoms with van der Waals surface area (Å²) in [5.74, 6) is 48.1. The maximum atomic E-state index is 5.53. The van der Waals surface area contributed by atoms with Gasteiger partial charge in [0.1, 0.15) is 0 Å². The number of hydrogen-bond donors (Lipinski definition) is 20. The molecule has 38 N–H and O–H groups in total. The van der Waals surface area contributed by atoms with Crippen molar-refractivity contribution in [1.82, 2.24) is 64.6 Å². The smallest absolute Gasteiger partial charge is 0.213 e. The van der Waals surface area contributed by atoms with E-state index in [0.717, 1.165) is 124 Å². The molecule has 5 saturated heterocycles. The fourth-order valence-electron chi connectivity index (χ4n) is 6.78. The average Bonchev–Trinajstić information content (AvgIpc) is 4.12.